The highest BCUT2D eigenvalue weighted by Gasteiger charge is 2.19. The molecule has 0 saturated carbocycles. The number of unbranched alkanes of at least 4 members (excludes halogenated alkanes) is 35. The molecule has 0 radical (unpaired) electrons. The number of hydrogen-bond donors (Lipinski definition) is 0. The fourth-order valence-electron chi connectivity index (χ4n) is 8.03. The number of ether oxygens (including phenoxy) is 3. The van der Waals surface area contributed by atoms with Gasteiger partial charge in [0.05, 0.1) is 0 Å². The summed E-state index contributed by atoms with van der Waals surface area (Å²) in [6.45, 7) is 6.60. The van der Waals surface area contributed by atoms with Crippen LogP contribution in [0.25, 0.3) is 0 Å². The second kappa shape index (κ2) is 51.5. The topological polar surface area (TPSA) is 78.9 Å². The van der Waals surface area contributed by atoms with Gasteiger partial charge in [0.1, 0.15) is 13.2 Å². The maximum Gasteiger partial charge on any atom is 0.306 e. The summed E-state index contributed by atoms with van der Waals surface area (Å²) in [5.41, 5.74) is 0. The van der Waals surface area contributed by atoms with E-state index in [1.165, 1.54) is 186 Å². The van der Waals surface area contributed by atoms with Crippen LogP contribution in [0, 0.1) is 0 Å². The molecule has 0 aliphatic heterocycles. The Kier molecular flexibility index (Phi) is 49.8. The van der Waals surface area contributed by atoms with E-state index < -0.39 is 6.10 Å². The number of hydrogen-bond acceptors (Lipinski definition) is 6. The first kappa shape index (κ1) is 59.9. The molecule has 0 aliphatic rings. The fraction of sp³-hybridized carbons (Fsp3) is 0.875. The highest BCUT2D eigenvalue weighted by molar-refractivity contribution is 5.71. The zero-order chi connectivity index (χ0) is 45.1. The van der Waals surface area contributed by atoms with Crippen LogP contribution in [0.4, 0.5) is 0 Å². The van der Waals surface area contributed by atoms with Crippen LogP contribution in [0.15, 0.2) is 24.3 Å². The normalized spacial score (nSPS) is 12.1. The van der Waals surface area contributed by atoms with E-state index in [1.54, 1.807) is 0 Å². The summed E-state index contributed by atoms with van der Waals surface area (Å²) in [6.07, 6.45) is 58.9. The van der Waals surface area contributed by atoms with Crippen LogP contribution >= 0.6 is 0 Å². The van der Waals surface area contributed by atoms with E-state index in [9.17, 15) is 14.4 Å². The Bertz CT molecular complexity index is 1000. The minimum absolute atomic E-state index is 0.0712. The molecule has 0 saturated heterocycles. The molecule has 364 valence electrons. The molecule has 0 spiro atoms. The highest BCUT2D eigenvalue weighted by Crippen LogP contribution is 2.16. The molecule has 0 aromatic rings. The van der Waals surface area contributed by atoms with Crippen molar-refractivity contribution in [2.75, 3.05) is 13.2 Å². The van der Waals surface area contributed by atoms with Crippen LogP contribution in [0.5, 0.6) is 0 Å². The average Bonchev–Trinajstić information content (AvgIpc) is 3.27. The van der Waals surface area contributed by atoms with Gasteiger partial charge in [0.2, 0.25) is 0 Å². The molecular weight excluding hydrogens is 769 g/mol. The fourth-order valence-corrected chi connectivity index (χ4v) is 8.03. The molecule has 0 fully saturated rings. The van der Waals surface area contributed by atoms with E-state index in [4.69, 9.17) is 14.2 Å². The van der Waals surface area contributed by atoms with E-state index in [0.717, 1.165) is 70.6 Å². The van der Waals surface area contributed by atoms with Crippen molar-refractivity contribution in [2.45, 2.75) is 303 Å². The third-order valence-electron chi connectivity index (χ3n) is 12.2. The van der Waals surface area contributed by atoms with Gasteiger partial charge >= 0.3 is 17.9 Å². The Morgan fingerprint density at radius 1 is 0.306 bits per heavy atom. The van der Waals surface area contributed by atoms with Crippen molar-refractivity contribution >= 4 is 17.9 Å². The number of esters is 3. The van der Waals surface area contributed by atoms with Crippen molar-refractivity contribution in [3.63, 3.8) is 0 Å². The number of allylic oxidation sites excluding steroid dienone is 4. The molecular formula is C56H104O6. The number of rotatable bonds is 50. The summed E-state index contributed by atoms with van der Waals surface area (Å²) >= 11 is 0. The van der Waals surface area contributed by atoms with Crippen LogP contribution in [0.2, 0.25) is 0 Å². The Labute approximate surface area is 385 Å². The molecule has 0 rings (SSSR count). The second-order valence-corrected chi connectivity index (χ2v) is 18.5. The van der Waals surface area contributed by atoms with Gasteiger partial charge in [-0.15, -0.1) is 0 Å². The van der Waals surface area contributed by atoms with E-state index in [-0.39, 0.29) is 31.1 Å². The highest BCUT2D eigenvalue weighted by atomic mass is 16.6. The summed E-state index contributed by atoms with van der Waals surface area (Å²) in [5, 5.41) is 0. The van der Waals surface area contributed by atoms with Crippen LogP contribution in [0.1, 0.15) is 297 Å². The summed E-state index contributed by atoms with van der Waals surface area (Å²) in [5.74, 6) is -0.870. The van der Waals surface area contributed by atoms with Crippen LogP contribution in [0.3, 0.4) is 0 Å². The van der Waals surface area contributed by atoms with Crippen molar-refractivity contribution < 1.29 is 28.6 Å². The first-order valence-corrected chi connectivity index (χ1v) is 27.3. The molecule has 0 aliphatic carbocycles. The molecule has 0 heterocycles. The van der Waals surface area contributed by atoms with E-state index in [1.807, 2.05) is 0 Å². The second-order valence-electron chi connectivity index (χ2n) is 18.5. The average molecular weight is 873 g/mol. The van der Waals surface area contributed by atoms with Crippen molar-refractivity contribution in [3.05, 3.63) is 24.3 Å². The monoisotopic (exact) mass is 873 g/mol. The lowest BCUT2D eigenvalue weighted by Gasteiger charge is -2.18. The largest absolute Gasteiger partial charge is 0.462 e. The minimum atomic E-state index is -0.770. The van der Waals surface area contributed by atoms with Crippen molar-refractivity contribution in [3.8, 4) is 0 Å². The zero-order valence-electron chi connectivity index (χ0n) is 41.7. The van der Waals surface area contributed by atoms with Gasteiger partial charge < -0.3 is 14.2 Å². The van der Waals surface area contributed by atoms with Gasteiger partial charge in [0.25, 0.3) is 0 Å². The molecule has 1 unspecified atom stereocenters. The summed E-state index contributed by atoms with van der Waals surface area (Å²) in [7, 11) is 0. The first-order valence-electron chi connectivity index (χ1n) is 27.3. The molecule has 0 aromatic heterocycles. The molecule has 6 heteroatoms. The van der Waals surface area contributed by atoms with Crippen molar-refractivity contribution in [1.82, 2.24) is 0 Å². The lowest BCUT2D eigenvalue weighted by molar-refractivity contribution is -0.167. The molecule has 1 atom stereocenters. The van der Waals surface area contributed by atoms with Gasteiger partial charge in [-0.3, -0.25) is 14.4 Å². The van der Waals surface area contributed by atoms with Gasteiger partial charge in [-0.2, -0.15) is 0 Å². The molecule has 0 aromatic carbocycles. The summed E-state index contributed by atoms with van der Waals surface area (Å²) in [6, 6.07) is 0. The quantitative estimate of drug-likeness (QED) is 0.0262. The maximum atomic E-state index is 12.8. The van der Waals surface area contributed by atoms with E-state index in [2.05, 4.69) is 45.1 Å². The van der Waals surface area contributed by atoms with Gasteiger partial charge in [-0.05, 0) is 64.2 Å². The number of carbonyl (C=O) groups excluding carboxylic acids is 3. The molecule has 62 heavy (non-hydrogen) atoms. The third kappa shape index (κ3) is 48.9. The van der Waals surface area contributed by atoms with E-state index in [0.29, 0.717) is 19.3 Å². The first-order chi connectivity index (χ1) is 30.5. The Balaban J connectivity index is 4.23. The third-order valence-corrected chi connectivity index (χ3v) is 12.2. The predicted octanol–water partition coefficient (Wildman–Crippen LogP) is 17.9. The minimum Gasteiger partial charge on any atom is -0.462 e. The molecule has 0 bridgehead atoms. The smallest absolute Gasteiger partial charge is 0.306 e. The van der Waals surface area contributed by atoms with Gasteiger partial charge in [-0.1, -0.05) is 238 Å². The SMILES string of the molecule is CCC/C=C\CCCCCCCC(=O)OCC(COC(=O)CCCCCCCCCCC/C=C\CCCCCCCCCC)OC(=O)CCCCCCCCCCCCCCC. The standard InChI is InChI=1S/C56H104O6/c1-4-7-10-13-16-19-22-24-25-26-27-28-29-30-31-33-34-37-40-43-46-49-55(58)61-52-53(51-60-54(57)48-45-42-39-36-21-18-15-12-9-6-3)62-56(59)50-47-44-41-38-35-32-23-20-17-14-11-8-5-2/h12,15,26-27,53H,4-11,13-14,16-25,28-52H2,1-3H3/b15-12-,27-26-. The Morgan fingerprint density at radius 2 is 0.565 bits per heavy atom. The van der Waals surface area contributed by atoms with Crippen molar-refractivity contribution in [1.29, 1.82) is 0 Å². The summed E-state index contributed by atoms with van der Waals surface area (Å²) < 4.78 is 16.8. The summed E-state index contributed by atoms with van der Waals surface area (Å²) in [4.78, 5) is 37.9. The van der Waals surface area contributed by atoms with Crippen LogP contribution < -0.4 is 0 Å². The number of carbonyl (C=O) groups is 3. The van der Waals surface area contributed by atoms with Crippen LogP contribution in [-0.4, -0.2) is 37.2 Å². The van der Waals surface area contributed by atoms with Gasteiger partial charge in [0.15, 0.2) is 6.10 Å². The lowest BCUT2D eigenvalue weighted by atomic mass is 10.0. The van der Waals surface area contributed by atoms with E-state index >= 15 is 0 Å². The Hall–Kier alpha value is -2.11. The molecule has 0 amide bonds. The predicted molar refractivity (Wildman–Crippen MR) is 266 cm³/mol. The zero-order valence-corrected chi connectivity index (χ0v) is 41.7. The molecule has 6 nitrogen and oxygen atoms in total. The molecule has 0 N–H and O–H groups in total. The van der Waals surface area contributed by atoms with Gasteiger partial charge in [0, 0.05) is 19.3 Å². The van der Waals surface area contributed by atoms with Gasteiger partial charge in [-0.25, -0.2) is 0 Å². The Morgan fingerprint density at radius 3 is 0.871 bits per heavy atom. The maximum absolute atomic E-state index is 12.8. The van der Waals surface area contributed by atoms with Crippen LogP contribution in [-0.2, 0) is 28.6 Å². The van der Waals surface area contributed by atoms with Crippen molar-refractivity contribution in [2.24, 2.45) is 0 Å². The lowest BCUT2D eigenvalue weighted by Crippen LogP contribution is -2.30.